The number of rotatable bonds is 9. The summed E-state index contributed by atoms with van der Waals surface area (Å²) in [5.74, 6) is 0. The van der Waals surface area contributed by atoms with Gasteiger partial charge >= 0.3 is 0 Å². The van der Waals surface area contributed by atoms with Crippen molar-refractivity contribution in [3.8, 4) is 0 Å². The van der Waals surface area contributed by atoms with Crippen LogP contribution in [0, 0.1) is 5.41 Å². The van der Waals surface area contributed by atoms with Crippen molar-refractivity contribution in [3.63, 3.8) is 0 Å². The normalized spacial score (nSPS) is 27.8. The number of hydrogen-bond donors (Lipinski definition) is 2. The summed E-state index contributed by atoms with van der Waals surface area (Å²) in [7, 11) is 1.76. The Balaban J connectivity index is 2.40. The SMILES string of the molecule is CCOC1CC(NC(CCCN)COC)C1(C)C. The van der Waals surface area contributed by atoms with Gasteiger partial charge < -0.3 is 20.5 Å². The topological polar surface area (TPSA) is 56.5 Å². The lowest BCUT2D eigenvalue weighted by atomic mass is 9.64. The van der Waals surface area contributed by atoms with Gasteiger partial charge in [-0.1, -0.05) is 13.8 Å². The average Bonchev–Trinajstić information content (AvgIpc) is 2.34. The minimum atomic E-state index is 0.213. The molecule has 1 aliphatic carbocycles. The largest absolute Gasteiger partial charge is 0.383 e. The molecule has 0 spiro atoms. The van der Waals surface area contributed by atoms with Crippen LogP contribution in [0.4, 0.5) is 0 Å². The second kappa shape index (κ2) is 7.43. The van der Waals surface area contributed by atoms with Gasteiger partial charge in [0.25, 0.3) is 0 Å². The predicted octanol–water partition coefficient (Wildman–Crippen LogP) is 1.53. The van der Waals surface area contributed by atoms with Crippen molar-refractivity contribution in [3.05, 3.63) is 0 Å². The molecular weight excluding hydrogens is 228 g/mol. The van der Waals surface area contributed by atoms with Gasteiger partial charge in [0, 0.05) is 31.2 Å². The Morgan fingerprint density at radius 2 is 2.17 bits per heavy atom. The molecule has 0 saturated heterocycles. The molecule has 4 nitrogen and oxygen atoms in total. The van der Waals surface area contributed by atoms with Crippen LogP contribution in [-0.4, -0.2) is 45.1 Å². The van der Waals surface area contributed by atoms with Crippen molar-refractivity contribution in [2.45, 2.75) is 58.2 Å². The van der Waals surface area contributed by atoms with Gasteiger partial charge in [0.2, 0.25) is 0 Å². The number of hydrogen-bond acceptors (Lipinski definition) is 4. The molecule has 18 heavy (non-hydrogen) atoms. The Morgan fingerprint density at radius 3 is 2.67 bits per heavy atom. The smallest absolute Gasteiger partial charge is 0.0655 e. The second-order valence-electron chi connectivity index (χ2n) is 5.80. The van der Waals surface area contributed by atoms with Gasteiger partial charge in [0.1, 0.15) is 0 Å². The summed E-state index contributed by atoms with van der Waals surface area (Å²) in [5.41, 5.74) is 5.79. The van der Waals surface area contributed by atoms with Crippen LogP contribution in [0.25, 0.3) is 0 Å². The van der Waals surface area contributed by atoms with E-state index in [4.69, 9.17) is 15.2 Å². The first kappa shape index (κ1) is 15.9. The second-order valence-corrected chi connectivity index (χ2v) is 5.80. The Bertz CT molecular complexity index is 234. The highest BCUT2D eigenvalue weighted by Gasteiger charge is 2.49. The Morgan fingerprint density at radius 1 is 1.44 bits per heavy atom. The van der Waals surface area contributed by atoms with E-state index in [0.717, 1.165) is 39.0 Å². The fraction of sp³-hybridized carbons (Fsp3) is 1.00. The Labute approximate surface area is 112 Å². The molecule has 1 saturated carbocycles. The van der Waals surface area contributed by atoms with Crippen LogP contribution in [-0.2, 0) is 9.47 Å². The van der Waals surface area contributed by atoms with E-state index in [0.29, 0.717) is 18.2 Å². The Kier molecular flexibility index (Phi) is 6.57. The third kappa shape index (κ3) is 3.92. The van der Waals surface area contributed by atoms with Crippen molar-refractivity contribution in [2.24, 2.45) is 11.1 Å². The van der Waals surface area contributed by atoms with Crippen LogP contribution in [0.3, 0.4) is 0 Å². The number of nitrogens with two attached hydrogens (primary N) is 1. The van der Waals surface area contributed by atoms with E-state index in [1.807, 2.05) is 0 Å². The molecule has 0 aromatic rings. The predicted molar refractivity (Wildman–Crippen MR) is 74.7 cm³/mol. The van der Waals surface area contributed by atoms with E-state index in [1.165, 1.54) is 0 Å². The molecule has 3 atom stereocenters. The molecule has 0 aromatic carbocycles. The summed E-state index contributed by atoms with van der Waals surface area (Å²) >= 11 is 0. The zero-order chi connectivity index (χ0) is 13.6. The molecule has 0 amide bonds. The van der Waals surface area contributed by atoms with Crippen LogP contribution < -0.4 is 11.1 Å². The molecule has 0 radical (unpaired) electrons. The molecule has 0 aliphatic heterocycles. The van der Waals surface area contributed by atoms with Crippen molar-refractivity contribution >= 4 is 0 Å². The zero-order valence-electron chi connectivity index (χ0n) is 12.4. The first-order valence-corrected chi connectivity index (χ1v) is 7.12. The molecule has 1 aliphatic rings. The van der Waals surface area contributed by atoms with Crippen LogP contribution in [0.5, 0.6) is 0 Å². The molecular formula is C14H30N2O2. The van der Waals surface area contributed by atoms with Crippen molar-refractivity contribution in [1.29, 1.82) is 0 Å². The van der Waals surface area contributed by atoms with Gasteiger partial charge in [0.05, 0.1) is 12.7 Å². The number of ether oxygens (including phenoxy) is 2. The molecule has 0 aromatic heterocycles. The van der Waals surface area contributed by atoms with E-state index in [-0.39, 0.29) is 5.41 Å². The summed E-state index contributed by atoms with van der Waals surface area (Å²) in [6.45, 7) is 8.92. The van der Waals surface area contributed by atoms with Gasteiger partial charge in [-0.05, 0) is 32.7 Å². The summed E-state index contributed by atoms with van der Waals surface area (Å²) < 4.78 is 11.0. The maximum absolute atomic E-state index is 5.75. The summed E-state index contributed by atoms with van der Waals surface area (Å²) in [6, 6.07) is 0.928. The molecule has 3 N–H and O–H groups in total. The first-order valence-electron chi connectivity index (χ1n) is 7.12. The molecule has 1 rings (SSSR count). The maximum Gasteiger partial charge on any atom is 0.0655 e. The molecule has 0 bridgehead atoms. The van der Waals surface area contributed by atoms with Gasteiger partial charge in [-0.15, -0.1) is 0 Å². The van der Waals surface area contributed by atoms with Crippen LogP contribution >= 0.6 is 0 Å². The van der Waals surface area contributed by atoms with Crippen molar-refractivity contribution < 1.29 is 9.47 Å². The van der Waals surface area contributed by atoms with E-state index in [9.17, 15) is 0 Å². The van der Waals surface area contributed by atoms with Gasteiger partial charge in [0.15, 0.2) is 0 Å². The monoisotopic (exact) mass is 258 g/mol. The highest BCUT2D eigenvalue weighted by Crippen LogP contribution is 2.43. The quantitative estimate of drug-likeness (QED) is 0.658. The molecule has 1 fully saturated rings. The minimum Gasteiger partial charge on any atom is -0.383 e. The van der Waals surface area contributed by atoms with E-state index >= 15 is 0 Å². The molecule has 4 heteroatoms. The van der Waals surface area contributed by atoms with E-state index in [1.54, 1.807) is 7.11 Å². The van der Waals surface area contributed by atoms with E-state index in [2.05, 4.69) is 26.1 Å². The average molecular weight is 258 g/mol. The van der Waals surface area contributed by atoms with Gasteiger partial charge in [-0.3, -0.25) is 0 Å². The lowest BCUT2D eigenvalue weighted by molar-refractivity contribution is -0.118. The zero-order valence-corrected chi connectivity index (χ0v) is 12.4. The van der Waals surface area contributed by atoms with Crippen molar-refractivity contribution in [2.75, 3.05) is 26.9 Å². The fourth-order valence-corrected chi connectivity index (χ4v) is 2.72. The number of nitrogens with one attached hydrogen (secondary N) is 1. The summed E-state index contributed by atoms with van der Waals surface area (Å²) in [5, 5.41) is 3.71. The summed E-state index contributed by atoms with van der Waals surface area (Å²) in [4.78, 5) is 0. The van der Waals surface area contributed by atoms with Gasteiger partial charge in [-0.2, -0.15) is 0 Å². The fourth-order valence-electron chi connectivity index (χ4n) is 2.72. The number of methoxy groups -OCH3 is 1. The lowest BCUT2D eigenvalue weighted by Crippen LogP contribution is -2.63. The maximum atomic E-state index is 5.75. The molecule has 0 heterocycles. The molecule has 3 unspecified atom stereocenters. The van der Waals surface area contributed by atoms with Crippen LogP contribution in [0.15, 0.2) is 0 Å². The summed E-state index contributed by atoms with van der Waals surface area (Å²) in [6.07, 6.45) is 3.61. The van der Waals surface area contributed by atoms with Crippen LogP contribution in [0.2, 0.25) is 0 Å². The van der Waals surface area contributed by atoms with Crippen LogP contribution in [0.1, 0.15) is 40.0 Å². The minimum absolute atomic E-state index is 0.213. The third-order valence-corrected chi connectivity index (χ3v) is 4.11. The lowest BCUT2D eigenvalue weighted by Gasteiger charge is -2.53. The highest BCUT2D eigenvalue weighted by atomic mass is 16.5. The first-order chi connectivity index (χ1) is 8.56. The Hall–Kier alpha value is -0.160. The standard InChI is InChI=1S/C14H30N2O2/c1-5-18-13-9-12(14(13,2)3)16-11(10-17-4)7-6-8-15/h11-13,16H,5-10,15H2,1-4H3. The highest BCUT2D eigenvalue weighted by molar-refractivity contribution is 5.03. The van der Waals surface area contributed by atoms with Crippen molar-refractivity contribution in [1.82, 2.24) is 5.32 Å². The third-order valence-electron chi connectivity index (χ3n) is 4.11. The van der Waals surface area contributed by atoms with Gasteiger partial charge in [-0.25, -0.2) is 0 Å². The molecule has 108 valence electrons. The van der Waals surface area contributed by atoms with E-state index < -0.39 is 0 Å².